The molecule has 0 fully saturated rings. The summed E-state index contributed by atoms with van der Waals surface area (Å²) >= 11 is 5.58. The first-order chi connectivity index (χ1) is 11.7. The largest absolute Gasteiger partial charge is 0.483 e. The lowest BCUT2D eigenvalue weighted by Crippen LogP contribution is -2.44. The van der Waals surface area contributed by atoms with E-state index in [1.54, 1.807) is 6.07 Å². The number of rotatable bonds is 6. The van der Waals surface area contributed by atoms with Gasteiger partial charge in [-0.2, -0.15) is 0 Å². The maximum Gasteiger partial charge on any atom is 0.272 e. The van der Waals surface area contributed by atoms with E-state index in [-0.39, 0.29) is 5.02 Å². The third-order valence-electron chi connectivity index (χ3n) is 3.21. The van der Waals surface area contributed by atoms with Gasteiger partial charge in [0, 0.05) is 5.02 Å². The fraction of sp³-hybridized carbons (Fsp3) is 0.188. The number of amides is 1. The highest BCUT2D eigenvalue weighted by Crippen LogP contribution is 2.19. The molecule has 2 aromatic carbocycles. The maximum atomic E-state index is 13.7. The van der Waals surface area contributed by atoms with Crippen LogP contribution in [0.2, 0.25) is 5.02 Å². The minimum Gasteiger partial charge on any atom is -0.483 e. The summed E-state index contributed by atoms with van der Waals surface area (Å²) in [7, 11) is -4.27. The summed E-state index contributed by atoms with van der Waals surface area (Å²) in [6.07, 6.45) is 0. The molecular weight excluding hydrogens is 371 g/mol. The molecule has 0 spiro atoms. The van der Waals surface area contributed by atoms with Gasteiger partial charge in [-0.05, 0) is 49.2 Å². The smallest absolute Gasteiger partial charge is 0.272 e. The van der Waals surface area contributed by atoms with Crippen LogP contribution >= 0.6 is 11.6 Å². The number of hydrogen-bond donors (Lipinski definition) is 2. The molecule has 0 heterocycles. The number of nitrogens with one attached hydrogen (secondary N) is 2. The van der Waals surface area contributed by atoms with Crippen LogP contribution in [0, 0.1) is 19.7 Å². The van der Waals surface area contributed by atoms with Crippen molar-refractivity contribution in [2.24, 2.45) is 0 Å². The lowest BCUT2D eigenvalue weighted by Gasteiger charge is -2.11. The summed E-state index contributed by atoms with van der Waals surface area (Å²) in [5.74, 6) is -1.25. The van der Waals surface area contributed by atoms with E-state index in [4.69, 9.17) is 16.3 Å². The predicted octanol–water partition coefficient (Wildman–Crippen LogP) is 2.48. The Hall–Kier alpha value is -2.16. The lowest BCUT2D eigenvalue weighted by molar-refractivity contribution is -0.123. The number of carbonyl (C=O) groups excluding carboxylic acids is 1. The van der Waals surface area contributed by atoms with Crippen molar-refractivity contribution in [1.29, 1.82) is 0 Å². The van der Waals surface area contributed by atoms with Crippen molar-refractivity contribution in [2.45, 2.75) is 18.7 Å². The molecule has 2 aromatic rings. The molecule has 0 saturated carbocycles. The molecule has 0 aliphatic carbocycles. The van der Waals surface area contributed by atoms with E-state index in [9.17, 15) is 17.6 Å². The predicted molar refractivity (Wildman–Crippen MR) is 91.3 cm³/mol. The number of halogens is 2. The number of carbonyl (C=O) groups is 1. The van der Waals surface area contributed by atoms with Crippen LogP contribution in [-0.4, -0.2) is 20.9 Å². The first-order valence-electron chi connectivity index (χ1n) is 7.15. The Kier molecular flexibility index (Phi) is 5.99. The van der Waals surface area contributed by atoms with E-state index in [1.165, 1.54) is 6.07 Å². The molecule has 0 bridgehead atoms. The van der Waals surface area contributed by atoms with Crippen LogP contribution in [0.15, 0.2) is 41.3 Å². The zero-order chi connectivity index (χ0) is 18.6. The van der Waals surface area contributed by atoms with Crippen molar-refractivity contribution in [2.75, 3.05) is 6.61 Å². The average Bonchev–Trinajstić information content (AvgIpc) is 2.53. The third-order valence-corrected chi connectivity index (χ3v) is 4.73. The van der Waals surface area contributed by atoms with E-state index in [0.717, 1.165) is 23.3 Å². The van der Waals surface area contributed by atoms with Crippen molar-refractivity contribution in [3.8, 4) is 5.75 Å². The van der Waals surface area contributed by atoms with Gasteiger partial charge >= 0.3 is 0 Å². The monoisotopic (exact) mass is 386 g/mol. The van der Waals surface area contributed by atoms with E-state index >= 15 is 0 Å². The minimum atomic E-state index is -4.27. The van der Waals surface area contributed by atoms with Crippen LogP contribution in [0.5, 0.6) is 5.75 Å². The van der Waals surface area contributed by atoms with Gasteiger partial charge < -0.3 is 4.74 Å². The highest BCUT2D eigenvalue weighted by Gasteiger charge is 2.20. The van der Waals surface area contributed by atoms with Gasteiger partial charge in [0.1, 0.15) is 16.5 Å². The van der Waals surface area contributed by atoms with E-state index < -0.39 is 33.3 Å². The molecule has 9 heteroatoms. The third kappa shape index (κ3) is 5.15. The summed E-state index contributed by atoms with van der Waals surface area (Å²) in [4.78, 5) is 12.9. The van der Waals surface area contributed by atoms with Gasteiger partial charge in [0.05, 0.1) is 0 Å². The normalized spacial score (nSPS) is 11.2. The molecule has 25 heavy (non-hydrogen) atoms. The van der Waals surface area contributed by atoms with Crippen LogP contribution in [0.4, 0.5) is 4.39 Å². The molecule has 134 valence electrons. The number of ether oxygens (including phenoxy) is 1. The number of hydrogen-bond acceptors (Lipinski definition) is 4. The summed E-state index contributed by atoms with van der Waals surface area (Å²) in [5.41, 5.74) is 3.76. The maximum absolute atomic E-state index is 13.7. The minimum absolute atomic E-state index is 0.0578. The molecule has 0 atom stereocenters. The van der Waals surface area contributed by atoms with Crippen LogP contribution < -0.4 is 15.0 Å². The quantitative estimate of drug-likeness (QED) is 0.747. The molecule has 0 aliphatic rings. The summed E-state index contributed by atoms with van der Waals surface area (Å²) in [6.45, 7) is 3.29. The lowest BCUT2D eigenvalue weighted by atomic mass is 10.1. The van der Waals surface area contributed by atoms with E-state index in [1.807, 2.05) is 36.2 Å². The molecule has 6 nitrogen and oxygen atoms in total. The van der Waals surface area contributed by atoms with Crippen LogP contribution in [-0.2, 0) is 14.8 Å². The van der Waals surface area contributed by atoms with Crippen LogP contribution in [0.1, 0.15) is 11.1 Å². The fourth-order valence-corrected chi connectivity index (χ4v) is 2.99. The highest BCUT2D eigenvalue weighted by molar-refractivity contribution is 7.89. The average molecular weight is 387 g/mol. The van der Waals surface area contributed by atoms with Crippen LogP contribution in [0.3, 0.4) is 0 Å². The van der Waals surface area contributed by atoms with Gasteiger partial charge in [-0.15, -0.1) is 4.83 Å². The Labute approximate surface area is 150 Å². The second-order valence-electron chi connectivity index (χ2n) is 5.29. The zero-order valence-electron chi connectivity index (χ0n) is 13.5. The molecule has 0 saturated heterocycles. The number of hydrazine groups is 1. The molecule has 0 unspecified atom stereocenters. The first kappa shape index (κ1) is 19.2. The molecule has 0 aliphatic heterocycles. The van der Waals surface area contributed by atoms with Gasteiger partial charge in [-0.3, -0.25) is 10.2 Å². The molecular formula is C16H16ClFN2O4S. The Morgan fingerprint density at radius 1 is 1.20 bits per heavy atom. The van der Waals surface area contributed by atoms with Gasteiger partial charge in [0.25, 0.3) is 15.9 Å². The Balaban J connectivity index is 1.96. The summed E-state index contributed by atoms with van der Waals surface area (Å²) in [5, 5.41) is 0.0578. The van der Waals surface area contributed by atoms with Crippen molar-refractivity contribution < 1.29 is 22.3 Å². The summed E-state index contributed by atoms with van der Waals surface area (Å²) in [6, 6.07) is 8.59. The second-order valence-corrected chi connectivity index (χ2v) is 7.37. The van der Waals surface area contributed by atoms with Gasteiger partial charge in [0.15, 0.2) is 6.61 Å². The molecule has 2 rings (SSSR count). The van der Waals surface area contributed by atoms with Crippen molar-refractivity contribution >= 4 is 27.5 Å². The second kappa shape index (κ2) is 7.81. The molecule has 0 aromatic heterocycles. The summed E-state index contributed by atoms with van der Waals surface area (Å²) < 4.78 is 43.0. The molecule has 1 amide bonds. The topological polar surface area (TPSA) is 84.5 Å². The van der Waals surface area contributed by atoms with Crippen molar-refractivity contribution in [1.82, 2.24) is 10.3 Å². The van der Waals surface area contributed by atoms with Crippen LogP contribution in [0.25, 0.3) is 0 Å². The standard InChI is InChI=1S/C16H16ClFN2O4S/c1-10-3-4-11(2)14(7-10)24-9-16(21)19-20-25(22,23)15-6-5-12(17)8-13(15)18/h3-8,20H,9H2,1-2H3,(H,19,21). The number of benzene rings is 2. The van der Waals surface area contributed by atoms with Gasteiger partial charge in [-0.25, -0.2) is 12.8 Å². The Morgan fingerprint density at radius 2 is 1.92 bits per heavy atom. The highest BCUT2D eigenvalue weighted by atomic mass is 35.5. The van der Waals surface area contributed by atoms with Crippen molar-refractivity contribution in [3.05, 3.63) is 58.4 Å². The molecule has 2 N–H and O–H groups in total. The molecule has 0 radical (unpaired) electrons. The van der Waals surface area contributed by atoms with E-state index in [2.05, 4.69) is 0 Å². The van der Waals surface area contributed by atoms with E-state index in [0.29, 0.717) is 5.75 Å². The van der Waals surface area contributed by atoms with Crippen molar-refractivity contribution in [3.63, 3.8) is 0 Å². The zero-order valence-corrected chi connectivity index (χ0v) is 15.0. The first-order valence-corrected chi connectivity index (χ1v) is 9.01. The van der Waals surface area contributed by atoms with Gasteiger partial charge in [0.2, 0.25) is 0 Å². The Bertz CT molecular complexity index is 903. The fourth-order valence-electron chi connectivity index (χ4n) is 1.91. The number of sulfonamides is 1. The SMILES string of the molecule is Cc1ccc(C)c(OCC(=O)NNS(=O)(=O)c2ccc(Cl)cc2F)c1. The van der Waals surface area contributed by atoms with Gasteiger partial charge in [-0.1, -0.05) is 23.7 Å². The number of aryl methyl sites for hydroxylation is 2. The Morgan fingerprint density at radius 3 is 2.60 bits per heavy atom.